The molecule has 2 N–H and O–H groups in total. The molecule has 1 atom stereocenters. The zero-order valence-electron chi connectivity index (χ0n) is 14.6. The molecule has 3 heterocycles. The van der Waals surface area contributed by atoms with Gasteiger partial charge in [0.1, 0.15) is 11.8 Å². The van der Waals surface area contributed by atoms with Crippen molar-refractivity contribution in [3.63, 3.8) is 0 Å². The molecule has 0 aliphatic carbocycles. The van der Waals surface area contributed by atoms with Crippen molar-refractivity contribution in [3.8, 4) is 11.5 Å². The predicted molar refractivity (Wildman–Crippen MR) is 101 cm³/mol. The zero-order valence-corrected chi connectivity index (χ0v) is 16.2. The van der Waals surface area contributed by atoms with Gasteiger partial charge in [0.2, 0.25) is 6.79 Å². The molecular weight excluding hydrogens is 374 g/mol. The molecule has 0 amide bonds. The Bertz CT molecular complexity index is 791. The number of sulfone groups is 1. The van der Waals surface area contributed by atoms with Gasteiger partial charge < -0.3 is 24.6 Å². The minimum atomic E-state index is -2.81. The van der Waals surface area contributed by atoms with Crippen LogP contribution in [0.4, 0.5) is 0 Å². The first-order chi connectivity index (χ1) is 12.5. The summed E-state index contributed by atoms with van der Waals surface area (Å²) >= 11 is 5.54. The lowest BCUT2D eigenvalue weighted by atomic mass is 10.2. The minimum Gasteiger partial charge on any atom is -0.454 e. The maximum atomic E-state index is 11.7. The number of quaternary nitrogens is 1. The molecule has 2 saturated heterocycles. The summed E-state index contributed by atoms with van der Waals surface area (Å²) in [6.07, 6.45) is 0.796. The Morgan fingerprint density at radius 2 is 2.04 bits per heavy atom. The van der Waals surface area contributed by atoms with Crippen LogP contribution in [0.3, 0.4) is 0 Å². The molecule has 4 rings (SSSR count). The van der Waals surface area contributed by atoms with Gasteiger partial charge in [-0.1, -0.05) is 6.07 Å². The highest BCUT2D eigenvalue weighted by Gasteiger charge is 2.37. The summed E-state index contributed by atoms with van der Waals surface area (Å²) in [6.45, 7) is 4.51. The summed E-state index contributed by atoms with van der Waals surface area (Å²) in [5.74, 6) is 2.25. The molecule has 0 spiro atoms. The van der Waals surface area contributed by atoms with Gasteiger partial charge in [0.05, 0.1) is 31.9 Å². The van der Waals surface area contributed by atoms with E-state index in [1.807, 2.05) is 18.2 Å². The van der Waals surface area contributed by atoms with Crippen molar-refractivity contribution in [2.45, 2.75) is 19.0 Å². The lowest BCUT2D eigenvalue weighted by Crippen LogP contribution is -3.18. The highest BCUT2D eigenvalue weighted by atomic mass is 32.2. The molecular formula is C17H24N3O4S2+. The highest BCUT2D eigenvalue weighted by Crippen LogP contribution is 2.32. The van der Waals surface area contributed by atoms with Crippen molar-refractivity contribution in [3.05, 3.63) is 23.8 Å². The van der Waals surface area contributed by atoms with Crippen LogP contribution in [-0.2, 0) is 16.4 Å². The fourth-order valence-corrected chi connectivity index (χ4v) is 5.94. The number of piperazine rings is 1. The van der Waals surface area contributed by atoms with Crippen LogP contribution in [0, 0.1) is 0 Å². The molecule has 1 aromatic carbocycles. The normalized spacial score (nSPS) is 24.6. The summed E-state index contributed by atoms with van der Waals surface area (Å²) < 4.78 is 34.1. The standard InChI is InChI=1S/C17H23N3O4S2/c21-26(22)8-3-14(11-26)19-4-6-20(7-5-19)17(25)18-10-13-1-2-15-16(9-13)24-12-23-15/h1-2,9,14H,3-8,10-12H2,(H,18,25)/p+1/t14-/m0/s1. The number of thiocarbonyl (C=S) groups is 1. The first-order valence-corrected chi connectivity index (χ1v) is 11.2. The Morgan fingerprint density at radius 1 is 1.27 bits per heavy atom. The van der Waals surface area contributed by atoms with Crippen LogP contribution in [0.1, 0.15) is 12.0 Å². The largest absolute Gasteiger partial charge is 0.454 e. The number of rotatable bonds is 3. The molecule has 0 aromatic heterocycles. The first-order valence-electron chi connectivity index (χ1n) is 8.96. The molecule has 0 saturated carbocycles. The highest BCUT2D eigenvalue weighted by molar-refractivity contribution is 7.91. The SMILES string of the molecule is O=S1(=O)CC[C@H]([NH+]2CCN(C(=S)NCc3ccc4c(c3)OCO4)CC2)C1. The summed E-state index contributed by atoms with van der Waals surface area (Å²) in [4.78, 5) is 3.58. The van der Waals surface area contributed by atoms with E-state index >= 15 is 0 Å². The number of ether oxygens (including phenoxy) is 2. The number of nitrogens with one attached hydrogen (secondary N) is 2. The molecule has 2 fully saturated rings. The Hall–Kier alpha value is -1.58. The average molecular weight is 399 g/mol. The number of benzene rings is 1. The molecule has 1 aromatic rings. The second-order valence-corrected chi connectivity index (χ2v) is 9.71. The number of hydrogen-bond donors (Lipinski definition) is 2. The molecule has 3 aliphatic rings. The van der Waals surface area contributed by atoms with Crippen molar-refractivity contribution < 1.29 is 22.8 Å². The summed E-state index contributed by atoms with van der Waals surface area (Å²) in [5.41, 5.74) is 1.09. The fraction of sp³-hybridized carbons (Fsp3) is 0.588. The molecule has 26 heavy (non-hydrogen) atoms. The van der Waals surface area contributed by atoms with Crippen molar-refractivity contribution in [1.29, 1.82) is 0 Å². The van der Waals surface area contributed by atoms with Crippen molar-refractivity contribution in [2.75, 3.05) is 44.5 Å². The van der Waals surface area contributed by atoms with Crippen LogP contribution in [0.2, 0.25) is 0 Å². The monoisotopic (exact) mass is 398 g/mol. The first kappa shape index (κ1) is 17.8. The van der Waals surface area contributed by atoms with E-state index in [-0.39, 0.29) is 12.8 Å². The number of hydrogen-bond acceptors (Lipinski definition) is 5. The van der Waals surface area contributed by atoms with Gasteiger partial charge >= 0.3 is 0 Å². The van der Waals surface area contributed by atoms with E-state index in [4.69, 9.17) is 21.7 Å². The van der Waals surface area contributed by atoms with Gasteiger partial charge in [0, 0.05) is 13.0 Å². The van der Waals surface area contributed by atoms with Gasteiger partial charge in [-0.15, -0.1) is 0 Å². The average Bonchev–Trinajstić information content (AvgIpc) is 3.25. The van der Waals surface area contributed by atoms with E-state index < -0.39 is 9.84 Å². The third kappa shape index (κ3) is 3.89. The van der Waals surface area contributed by atoms with Gasteiger partial charge in [-0.2, -0.15) is 0 Å². The third-order valence-corrected chi connectivity index (χ3v) is 7.55. The fourth-order valence-electron chi connectivity index (χ4n) is 3.86. The van der Waals surface area contributed by atoms with Crippen LogP contribution in [0.25, 0.3) is 0 Å². The summed E-state index contributed by atoms with van der Waals surface area (Å²) in [6, 6.07) is 6.16. The van der Waals surface area contributed by atoms with Gasteiger partial charge in [-0.25, -0.2) is 8.42 Å². The Balaban J connectivity index is 1.25. The number of nitrogens with zero attached hydrogens (tertiary/aromatic N) is 1. The molecule has 7 nitrogen and oxygen atoms in total. The molecule has 0 unspecified atom stereocenters. The van der Waals surface area contributed by atoms with Crippen LogP contribution < -0.4 is 19.7 Å². The minimum absolute atomic E-state index is 0.261. The van der Waals surface area contributed by atoms with E-state index in [2.05, 4.69) is 10.2 Å². The number of fused-ring (bicyclic) bond motifs is 1. The van der Waals surface area contributed by atoms with E-state index in [1.165, 1.54) is 4.90 Å². The Labute approximate surface area is 159 Å². The van der Waals surface area contributed by atoms with Crippen LogP contribution >= 0.6 is 12.2 Å². The van der Waals surface area contributed by atoms with E-state index in [0.29, 0.717) is 18.1 Å². The topological polar surface area (TPSA) is 72.3 Å². The van der Waals surface area contributed by atoms with Crippen molar-refractivity contribution in [1.82, 2.24) is 10.2 Å². The summed E-state index contributed by atoms with van der Waals surface area (Å²) in [5, 5.41) is 4.06. The lowest BCUT2D eigenvalue weighted by molar-refractivity contribution is -0.925. The quantitative estimate of drug-likeness (QED) is 0.645. The van der Waals surface area contributed by atoms with Gasteiger partial charge in [0.25, 0.3) is 0 Å². The molecule has 142 valence electrons. The van der Waals surface area contributed by atoms with Crippen LogP contribution in [0.5, 0.6) is 11.5 Å². The van der Waals surface area contributed by atoms with Crippen molar-refractivity contribution in [2.24, 2.45) is 0 Å². The Kier molecular flexibility index (Phi) is 4.94. The molecule has 0 bridgehead atoms. The Morgan fingerprint density at radius 3 is 2.77 bits per heavy atom. The molecule has 9 heteroatoms. The smallest absolute Gasteiger partial charge is 0.231 e. The second-order valence-electron chi connectivity index (χ2n) is 7.09. The van der Waals surface area contributed by atoms with Crippen molar-refractivity contribution >= 4 is 27.2 Å². The van der Waals surface area contributed by atoms with Gasteiger partial charge in [-0.3, -0.25) is 0 Å². The predicted octanol–water partition coefficient (Wildman–Crippen LogP) is -0.823. The molecule has 3 aliphatic heterocycles. The van der Waals surface area contributed by atoms with Crippen LogP contribution in [-0.4, -0.2) is 68.9 Å². The van der Waals surface area contributed by atoms with E-state index in [1.54, 1.807) is 0 Å². The van der Waals surface area contributed by atoms with E-state index in [9.17, 15) is 8.42 Å². The lowest BCUT2D eigenvalue weighted by Gasteiger charge is -2.36. The molecule has 0 radical (unpaired) electrons. The summed E-state index contributed by atoms with van der Waals surface area (Å²) in [7, 11) is -2.81. The zero-order chi connectivity index (χ0) is 18.1. The maximum Gasteiger partial charge on any atom is 0.231 e. The van der Waals surface area contributed by atoms with Crippen LogP contribution in [0.15, 0.2) is 18.2 Å². The van der Waals surface area contributed by atoms with Gasteiger partial charge in [-0.05, 0) is 29.9 Å². The maximum absolute atomic E-state index is 11.7. The van der Waals surface area contributed by atoms with E-state index in [0.717, 1.165) is 54.8 Å². The third-order valence-electron chi connectivity index (χ3n) is 5.38. The second kappa shape index (κ2) is 7.21. The van der Waals surface area contributed by atoms with Gasteiger partial charge in [0.15, 0.2) is 26.4 Å².